The minimum absolute atomic E-state index is 0.113. The molecule has 6 heterocycles. The number of fused-ring (bicyclic) bond motifs is 10. The Morgan fingerprint density at radius 3 is 1.19 bits per heavy atom. The maximum absolute atomic E-state index is 12.7. The topological polar surface area (TPSA) is 93.2 Å². The molecule has 0 saturated carbocycles. The summed E-state index contributed by atoms with van der Waals surface area (Å²) in [4.78, 5) is 53.3. The highest BCUT2D eigenvalue weighted by Crippen LogP contribution is 2.49. The lowest BCUT2D eigenvalue weighted by Crippen LogP contribution is -2.39. The molecule has 4 amide bonds. The summed E-state index contributed by atoms with van der Waals surface area (Å²) in [6, 6.07) is 0. The van der Waals surface area contributed by atoms with Crippen LogP contribution in [-0.2, 0) is 28.7 Å². The Morgan fingerprint density at radius 1 is 0.593 bits per heavy atom. The van der Waals surface area contributed by atoms with Crippen LogP contribution in [0.3, 0.4) is 0 Å². The van der Waals surface area contributed by atoms with Gasteiger partial charge in [0.15, 0.2) is 0 Å². The van der Waals surface area contributed by atoms with Gasteiger partial charge in [-0.05, 0) is 32.1 Å². The molecule has 6 aliphatic rings. The molecule has 0 radical (unpaired) electrons. The lowest BCUT2D eigenvalue weighted by atomic mass is 9.81. The standard InChI is InChI=1S/C19H22N2O6/c22-16-12-8-2-3-9(26-8)13(12)17(23)20(16)6-1-7-21-18(24)14-10-4-5-11(27-10)15(14)19(21)25/h8-15H,1-7H2/t8-,9+,10-,11+,12+,13-,14+,15-. The Kier molecular flexibility index (Phi) is 3.22. The van der Waals surface area contributed by atoms with Gasteiger partial charge in [0, 0.05) is 13.1 Å². The van der Waals surface area contributed by atoms with E-state index in [0.29, 0.717) is 6.42 Å². The zero-order valence-corrected chi connectivity index (χ0v) is 14.9. The second-order valence-electron chi connectivity index (χ2n) is 8.69. The highest BCUT2D eigenvalue weighted by molar-refractivity contribution is 6.07. The van der Waals surface area contributed by atoms with Crippen molar-refractivity contribution in [3.05, 3.63) is 0 Å². The van der Waals surface area contributed by atoms with Crippen LogP contribution >= 0.6 is 0 Å². The molecule has 27 heavy (non-hydrogen) atoms. The Hall–Kier alpha value is -1.80. The monoisotopic (exact) mass is 374 g/mol. The summed E-state index contributed by atoms with van der Waals surface area (Å²) in [5.41, 5.74) is 0. The maximum atomic E-state index is 12.7. The number of rotatable bonds is 4. The summed E-state index contributed by atoms with van der Waals surface area (Å²) in [5.74, 6) is -1.84. The first-order valence-electron chi connectivity index (χ1n) is 10.1. The SMILES string of the molecule is O=C1[C@@H]2[C@H](C(=O)N1CCCN1C(=O)[C@@H]3[C@H](C1=O)[C@@H]1CC[C@H]3O1)[C@@H]1CC[C@H]2O1. The van der Waals surface area contributed by atoms with Gasteiger partial charge in [-0.2, -0.15) is 0 Å². The molecule has 8 nitrogen and oxygen atoms in total. The Bertz CT molecular complexity index is 649. The Labute approximate surface area is 156 Å². The largest absolute Gasteiger partial charge is 0.373 e. The summed E-state index contributed by atoms with van der Waals surface area (Å²) in [5, 5.41) is 0. The number of imide groups is 2. The first-order valence-corrected chi connectivity index (χ1v) is 10.1. The van der Waals surface area contributed by atoms with Gasteiger partial charge >= 0.3 is 0 Å². The molecule has 8 heteroatoms. The van der Waals surface area contributed by atoms with Gasteiger partial charge in [0.1, 0.15) is 0 Å². The van der Waals surface area contributed by atoms with E-state index in [1.807, 2.05) is 0 Å². The van der Waals surface area contributed by atoms with Gasteiger partial charge in [-0.15, -0.1) is 0 Å². The molecular weight excluding hydrogens is 352 g/mol. The van der Waals surface area contributed by atoms with E-state index in [-0.39, 0.29) is 84.8 Å². The molecule has 0 aromatic heterocycles. The van der Waals surface area contributed by atoms with Crippen molar-refractivity contribution in [3.8, 4) is 0 Å². The third-order valence-corrected chi connectivity index (χ3v) is 7.51. The van der Waals surface area contributed by atoms with E-state index in [0.717, 1.165) is 25.7 Å². The first kappa shape index (κ1) is 16.2. The van der Waals surface area contributed by atoms with Crippen LogP contribution in [0.2, 0.25) is 0 Å². The third kappa shape index (κ3) is 1.95. The van der Waals surface area contributed by atoms with Gasteiger partial charge in [0.05, 0.1) is 48.1 Å². The van der Waals surface area contributed by atoms with Crippen molar-refractivity contribution in [2.75, 3.05) is 13.1 Å². The summed E-state index contributed by atoms with van der Waals surface area (Å²) < 4.78 is 11.5. The predicted molar refractivity (Wildman–Crippen MR) is 87.8 cm³/mol. The smallest absolute Gasteiger partial charge is 0.235 e. The summed E-state index contributed by atoms with van der Waals surface area (Å²) >= 11 is 0. The molecule has 6 aliphatic heterocycles. The van der Waals surface area contributed by atoms with Gasteiger partial charge in [-0.1, -0.05) is 0 Å². The highest BCUT2D eigenvalue weighted by atomic mass is 16.5. The van der Waals surface area contributed by atoms with E-state index in [9.17, 15) is 19.2 Å². The zero-order valence-electron chi connectivity index (χ0n) is 14.9. The fraction of sp³-hybridized carbons (Fsp3) is 0.789. The number of hydrogen-bond acceptors (Lipinski definition) is 6. The van der Waals surface area contributed by atoms with Crippen LogP contribution in [0.5, 0.6) is 0 Å². The quantitative estimate of drug-likeness (QED) is 0.628. The Morgan fingerprint density at radius 2 is 0.889 bits per heavy atom. The lowest BCUT2D eigenvalue weighted by Gasteiger charge is -2.20. The average Bonchev–Trinajstić information content (AvgIpc) is 3.47. The van der Waals surface area contributed by atoms with Crippen LogP contribution < -0.4 is 0 Å². The molecule has 4 bridgehead atoms. The van der Waals surface area contributed by atoms with E-state index in [1.54, 1.807) is 0 Å². The van der Waals surface area contributed by atoms with Crippen LogP contribution in [0, 0.1) is 23.7 Å². The molecule has 8 atom stereocenters. The van der Waals surface area contributed by atoms with Crippen LogP contribution in [0.4, 0.5) is 0 Å². The minimum Gasteiger partial charge on any atom is -0.373 e. The molecule has 0 unspecified atom stereocenters. The van der Waals surface area contributed by atoms with Crippen LogP contribution in [0.25, 0.3) is 0 Å². The van der Waals surface area contributed by atoms with Crippen molar-refractivity contribution in [2.24, 2.45) is 23.7 Å². The predicted octanol–water partition coefficient (Wildman–Crippen LogP) is -0.299. The van der Waals surface area contributed by atoms with Crippen LogP contribution in [0.1, 0.15) is 32.1 Å². The second-order valence-corrected chi connectivity index (χ2v) is 8.69. The maximum Gasteiger partial charge on any atom is 0.235 e. The molecule has 0 aromatic carbocycles. The van der Waals surface area contributed by atoms with Crippen molar-refractivity contribution in [3.63, 3.8) is 0 Å². The van der Waals surface area contributed by atoms with Gasteiger partial charge in [0.25, 0.3) is 0 Å². The number of ether oxygens (including phenoxy) is 2. The van der Waals surface area contributed by atoms with E-state index in [2.05, 4.69) is 0 Å². The van der Waals surface area contributed by atoms with Crippen LogP contribution in [-0.4, -0.2) is 70.9 Å². The molecule has 0 N–H and O–H groups in total. The number of likely N-dealkylation sites (tertiary alicyclic amines) is 2. The summed E-state index contributed by atoms with van der Waals surface area (Å²) in [7, 11) is 0. The first-order chi connectivity index (χ1) is 13.1. The highest BCUT2D eigenvalue weighted by Gasteiger charge is 2.63. The molecule has 6 rings (SSSR count). The van der Waals surface area contributed by atoms with Crippen molar-refractivity contribution < 1.29 is 28.7 Å². The second kappa shape index (κ2) is 5.38. The van der Waals surface area contributed by atoms with E-state index >= 15 is 0 Å². The third-order valence-electron chi connectivity index (χ3n) is 7.51. The molecule has 0 spiro atoms. The summed E-state index contributed by atoms with van der Waals surface area (Å²) in [6.07, 6.45) is 3.38. The fourth-order valence-corrected chi connectivity index (χ4v) is 6.38. The molecule has 0 aromatic rings. The van der Waals surface area contributed by atoms with Crippen molar-refractivity contribution in [1.29, 1.82) is 0 Å². The molecule has 6 fully saturated rings. The minimum atomic E-state index is -0.321. The van der Waals surface area contributed by atoms with E-state index in [4.69, 9.17) is 9.47 Å². The van der Waals surface area contributed by atoms with Crippen molar-refractivity contribution in [2.45, 2.75) is 56.5 Å². The normalized spacial score (nSPS) is 47.0. The van der Waals surface area contributed by atoms with Crippen molar-refractivity contribution >= 4 is 23.6 Å². The number of carbonyl (C=O) groups is 4. The lowest BCUT2D eigenvalue weighted by molar-refractivity contribution is -0.142. The molecule has 6 saturated heterocycles. The van der Waals surface area contributed by atoms with Crippen LogP contribution in [0.15, 0.2) is 0 Å². The average molecular weight is 374 g/mol. The number of nitrogens with zero attached hydrogens (tertiary/aromatic N) is 2. The van der Waals surface area contributed by atoms with Gasteiger partial charge in [-0.3, -0.25) is 29.0 Å². The fourth-order valence-electron chi connectivity index (χ4n) is 6.38. The molecule has 144 valence electrons. The van der Waals surface area contributed by atoms with Gasteiger partial charge in [-0.25, -0.2) is 0 Å². The number of hydrogen-bond donors (Lipinski definition) is 0. The van der Waals surface area contributed by atoms with Gasteiger partial charge in [0.2, 0.25) is 23.6 Å². The zero-order chi connectivity index (χ0) is 18.4. The number of amides is 4. The van der Waals surface area contributed by atoms with Gasteiger partial charge < -0.3 is 9.47 Å². The van der Waals surface area contributed by atoms with E-state index in [1.165, 1.54) is 9.80 Å². The summed E-state index contributed by atoms with van der Waals surface area (Å²) in [6.45, 7) is 0.527. The Balaban J connectivity index is 1.11. The molecular formula is C19H22N2O6. The van der Waals surface area contributed by atoms with Crippen molar-refractivity contribution in [1.82, 2.24) is 9.80 Å². The van der Waals surface area contributed by atoms with E-state index < -0.39 is 0 Å². The molecule has 0 aliphatic carbocycles. The number of carbonyl (C=O) groups excluding carboxylic acids is 4.